The Morgan fingerprint density at radius 3 is 2.74 bits per heavy atom. The summed E-state index contributed by atoms with van der Waals surface area (Å²) < 4.78 is 11.1. The van der Waals surface area contributed by atoms with Crippen LogP contribution in [0, 0.1) is 5.41 Å². The third-order valence-corrected chi connectivity index (χ3v) is 6.43. The molecule has 0 unspecified atom stereocenters. The number of hydrogen-bond donors (Lipinski definition) is 1. The van der Waals surface area contributed by atoms with Crippen LogP contribution < -0.4 is 5.32 Å². The van der Waals surface area contributed by atoms with Gasteiger partial charge in [0.2, 0.25) is 0 Å². The van der Waals surface area contributed by atoms with Gasteiger partial charge in [-0.15, -0.1) is 24.0 Å². The van der Waals surface area contributed by atoms with E-state index in [0.29, 0.717) is 11.5 Å². The first kappa shape index (κ1) is 21.0. The zero-order chi connectivity index (χ0) is 17.7. The van der Waals surface area contributed by atoms with E-state index < -0.39 is 0 Å². The van der Waals surface area contributed by atoms with Crippen molar-refractivity contribution in [3.8, 4) is 0 Å². The van der Waals surface area contributed by atoms with Crippen molar-refractivity contribution in [3.63, 3.8) is 0 Å². The van der Waals surface area contributed by atoms with E-state index in [1.54, 1.807) is 6.26 Å². The van der Waals surface area contributed by atoms with E-state index in [1.165, 1.54) is 51.4 Å². The minimum Gasteiger partial charge on any atom is -0.469 e. The molecule has 2 saturated heterocycles. The third kappa shape index (κ3) is 5.62. The molecule has 0 atom stereocenters. The predicted molar refractivity (Wildman–Crippen MR) is 119 cm³/mol. The SMILES string of the molecule is I.c1coc(CCN=C(NC2CCCCC2)N2CCC3(CCOCC3)C2)c1. The van der Waals surface area contributed by atoms with Crippen molar-refractivity contribution in [2.75, 3.05) is 32.8 Å². The topological polar surface area (TPSA) is 50.0 Å². The Hall–Kier alpha value is -0.760. The zero-order valence-corrected chi connectivity index (χ0v) is 18.7. The fourth-order valence-electron chi connectivity index (χ4n) is 4.72. The summed E-state index contributed by atoms with van der Waals surface area (Å²) in [6, 6.07) is 4.59. The second-order valence-electron chi connectivity index (χ2n) is 8.30. The Morgan fingerprint density at radius 2 is 2.00 bits per heavy atom. The first-order valence-electron chi connectivity index (χ1n) is 10.5. The van der Waals surface area contributed by atoms with Gasteiger partial charge in [-0.05, 0) is 49.7 Å². The Balaban J connectivity index is 0.00000210. The average Bonchev–Trinajstić information content (AvgIpc) is 3.33. The maximum atomic E-state index is 5.60. The summed E-state index contributed by atoms with van der Waals surface area (Å²) in [4.78, 5) is 7.51. The van der Waals surface area contributed by atoms with Crippen molar-refractivity contribution in [1.82, 2.24) is 10.2 Å². The number of guanidine groups is 1. The number of halogens is 1. The van der Waals surface area contributed by atoms with Crippen LogP contribution in [-0.4, -0.2) is 49.7 Å². The lowest BCUT2D eigenvalue weighted by molar-refractivity contribution is 0.0217. The minimum atomic E-state index is 0. The smallest absolute Gasteiger partial charge is 0.194 e. The lowest BCUT2D eigenvalue weighted by Gasteiger charge is -2.34. The summed E-state index contributed by atoms with van der Waals surface area (Å²) >= 11 is 0. The lowest BCUT2D eigenvalue weighted by Crippen LogP contribution is -2.47. The Labute approximate surface area is 180 Å². The van der Waals surface area contributed by atoms with Crippen LogP contribution in [0.1, 0.15) is 57.1 Å². The van der Waals surface area contributed by atoms with Crippen LogP contribution in [0.3, 0.4) is 0 Å². The molecule has 1 spiro atoms. The van der Waals surface area contributed by atoms with Gasteiger partial charge in [-0.3, -0.25) is 4.99 Å². The molecule has 1 aromatic heterocycles. The number of hydrogen-bond acceptors (Lipinski definition) is 3. The van der Waals surface area contributed by atoms with Crippen molar-refractivity contribution in [1.29, 1.82) is 0 Å². The molecule has 0 amide bonds. The standard InChI is InChI=1S/C21H33N3O2.HI/c1-2-5-18(6-3-1)23-20(22-12-8-19-7-4-14-26-19)24-13-9-21(17-24)10-15-25-16-11-21;/h4,7,14,18H,1-3,5-6,8-13,15-17H2,(H,22,23);1H. The van der Waals surface area contributed by atoms with Crippen LogP contribution in [0.25, 0.3) is 0 Å². The molecule has 0 radical (unpaired) electrons. The summed E-state index contributed by atoms with van der Waals surface area (Å²) in [5.74, 6) is 2.15. The number of aliphatic imine (C=N–C) groups is 1. The van der Waals surface area contributed by atoms with E-state index in [4.69, 9.17) is 14.1 Å². The van der Waals surface area contributed by atoms with Gasteiger partial charge in [-0.1, -0.05) is 19.3 Å². The van der Waals surface area contributed by atoms with E-state index >= 15 is 0 Å². The van der Waals surface area contributed by atoms with E-state index in [-0.39, 0.29) is 24.0 Å². The number of furan rings is 1. The molecule has 2 aliphatic heterocycles. The maximum Gasteiger partial charge on any atom is 0.194 e. The van der Waals surface area contributed by atoms with Crippen molar-refractivity contribution < 1.29 is 9.15 Å². The number of ether oxygens (including phenoxy) is 1. The molecule has 152 valence electrons. The normalized spacial score (nSPS) is 23.4. The molecule has 6 heteroatoms. The van der Waals surface area contributed by atoms with Crippen molar-refractivity contribution >= 4 is 29.9 Å². The fraction of sp³-hybridized carbons (Fsp3) is 0.762. The van der Waals surface area contributed by atoms with Crippen molar-refractivity contribution in [2.45, 2.75) is 63.8 Å². The molecule has 0 aromatic carbocycles. The lowest BCUT2D eigenvalue weighted by atomic mass is 9.80. The first-order valence-corrected chi connectivity index (χ1v) is 10.5. The summed E-state index contributed by atoms with van der Waals surface area (Å²) in [7, 11) is 0. The molecule has 1 aliphatic carbocycles. The molecule has 3 heterocycles. The Morgan fingerprint density at radius 1 is 1.19 bits per heavy atom. The molecule has 5 nitrogen and oxygen atoms in total. The highest BCUT2D eigenvalue weighted by Crippen LogP contribution is 2.39. The first-order chi connectivity index (χ1) is 12.8. The van der Waals surface area contributed by atoms with Gasteiger partial charge >= 0.3 is 0 Å². The van der Waals surface area contributed by atoms with Gasteiger partial charge < -0.3 is 19.4 Å². The van der Waals surface area contributed by atoms with Gasteiger partial charge in [0.1, 0.15) is 5.76 Å². The van der Waals surface area contributed by atoms with Gasteiger partial charge in [0, 0.05) is 45.3 Å². The van der Waals surface area contributed by atoms with Crippen LogP contribution in [0.2, 0.25) is 0 Å². The third-order valence-electron chi connectivity index (χ3n) is 6.43. The Bertz CT molecular complexity index is 578. The summed E-state index contributed by atoms with van der Waals surface area (Å²) in [5.41, 5.74) is 0.453. The molecule has 27 heavy (non-hydrogen) atoms. The van der Waals surface area contributed by atoms with Crippen LogP contribution in [0.15, 0.2) is 27.8 Å². The molecule has 1 saturated carbocycles. The molecule has 3 fully saturated rings. The van der Waals surface area contributed by atoms with E-state index in [0.717, 1.165) is 51.0 Å². The molecular weight excluding hydrogens is 453 g/mol. The van der Waals surface area contributed by atoms with Crippen LogP contribution in [-0.2, 0) is 11.2 Å². The number of likely N-dealkylation sites (tertiary alicyclic amines) is 1. The fourth-order valence-corrected chi connectivity index (χ4v) is 4.72. The molecule has 1 aromatic rings. The van der Waals surface area contributed by atoms with Gasteiger partial charge in [-0.25, -0.2) is 0 Å². The largest absolute Gasteiger partial charge is 0.469 e. The molecule has 0 bridgehead atoms. The number of rotatable bonds is 4. The van der Waals surface area contributed by atoms with Gasteiger partial charge in [-0.2, -0.15) is 0 Å². The average molecular weight is 487 g/mol. The highest BCUT2D eigenvalue weighted by molar-refractivity contribution is 14.0. The minimum absolute atomic E-state index is 0. The van der Waals surface area contributed by atoms with Crippen LogP contribution in [0.4, 0.5) is 0 Å². The number of nitrogens with zero attached hydrogens (tertiary/aromatic N) is 2. The molecule has 1 N–H and O–H groups in total. The quantitative estimate of drug-likeness (QED) is 0.393. The van der Waals surface area contributed by atoms with E-state index in [1.807, 2.05) is 12.1 Å². The number of nitrogens with one attached hydrogen (secondary N) is 1. The molecular formula is C21H34IN3O2. The zero-order valence-electron chi connectivity index (χ0n) is 16.3. The predicted octanol–water partition coefficient (Wildman–Crippen LogP) is 4.22. The van der Waals surface area contributed by atoms with Crippen LogP contribution in [0.5, 0.6) is 0 Å². The van der Waals surface area contributed by atoms with Gasteiger partial charge in [0.05, 0.1) is 6.26 Å². The molecule has 3 aliphatic rings. The summed E-state index contributed by atoms with van der Waals surface area (Å²) in [5, 5.41) is 3.81. The Kier molecular flexibility index (Phi) is 7.87. The summed E-state index contributed by atoms with van der Waals surface area (Å²) in [6.07, 6.45) is 12.9. The van der Waals surface area contributed by atoms with Gasteiger partial charge in [0.25, 0.3) is 0 Å². The van der Waals surface area contributed by atoms with E-state index in [2.05, 4.69) is 10.2 Å². The van der Waals surface area contributed by atoms with E-state index in [9.17, 15) is 0 Å². The highest BCUT2D eigenvalue weighted by atomic mass is 127. The highest BCUT2D eigenvalue weighted by Gasteiger charge is 2.40. The summed E-state index contributed by atoms with van der Waals surface area (Å²) in [6.45, 7) is 4.90. The molecule has 4 rings (SSSR count). The monoisotopic (exact) mass is 487 g/mol. The maximum absolute atomic E-state index is 5.60. The van der Waals surface area contributed by atoms with Crippen LogP contribution >= 0.6 is 24.0 Å². The van der Waals surface area contributed by atoms with Crippen molar-refractivity contribution in [3.05, 3.63) is 24.2 Å². The van der Waals surface area contributed by atoms with Gasteiger partial charge in [0.15, 0.2) is 5.96 Å². The second kappa shape index (κ2) is 10.1. The van der Waals surface area contributed by atoms with Crippen molar-refractivity contribution in [2.24, 2.45) is 10.4 Å². The second-order valence-corrected chi connectivity index (χ2v) is 8.30.